The molecule has 2 spiro atoms. The van der Waals surface area contributed by atoms with Gasteiger partial charge in [0, 0.05) is 49.7 Å². The van der Waals surface area contributed by atoms with Crippen molar-refractivity contribution in [3.05, 3.63) is 94.6 Å². The number of hydrogen-bond donors (Lipinski definition) is 0. The highest BCUT2D eigenvalue weighted by atomic mass is 16.8. The van der Waals surface area contributed by atoms with Crippen LogP contribution in [0.1, 0.15) is 65.2 Å². The second-order valence-electron chi connectivity index (χ2n) is 12.3. The molecule has 3 aliphatic carbocycles. The fourth-order valence-electron chi connectivity index (χ4n) is 5.91. The van der Waals surface area contributed by atoms with Gasteiger partial charge in [0.1, 0.15) is 11.1 Å². The molecule has 0 aromatic heterocycles. The van der Waals surface area contributed by atoms with Crippen LogP contribution in [-0.4, -0.2) is 47.0 Å². The van der Waals surface area contributed by atoms with Crippen LogP contribution >= 0.6 is 0 Å². The zero-order chi connectivity index (χ0) is 34.6. The molecule has 0 bridgehead atoms. The molecular weight excluding hydrogens is 624 g/mol. The van der Waals surface area contributed by atoms with Gasteiger partial charge in [-0.15, -0.1) is 11.5 Å². The number of hydrogen-bond acceptors (Lipinski definition) is 12. The molecule has 3 fully saturated rings. The van der Waals surface area contributed by atoms with Gasteiger partial charge in [-0.25, -0.2) is 19.2 Å². The molecule has 1 saturated carbocycles. The zero-order valence-electron chi connectivity index (χ0n) is 26.5. The Kier molecular flexibility index (Phi) is 9.83. The summed E-state index contributed by atoms with van der Waals surface area (Å²) in [5.74, 6) is -8.31. The second-order valence-corrected chi connectivity index (χ2v) is 12.3. The average Bonchev–Trinajstić information content (AvgIpc) is 3.03. The number of ketones is 2. The van der Waals surface area contributed by atoms with Gasteiger partial charge in [-0.1, -0.05) is 62.5 Å². The van der Waals surface area contributed by atoms with E-state index in [1.165, 1.54) is 60.8 Å². The van der Waals surface area contributed by atoms with Crippen molar-refractivity contribution in [1.29, 1.82) is 0 Å². The third-order valence-electron chi connectivity index (χ3n) is 8.90. The van der Waals surface area contributed by atoms with Crippen LogP contribution in [0.4, 0.5) is 0 Å². The Hall–Kier alpha value is -5.26. The quantitative estimate of drug-likeness (QED) is 0.176. The molecule has 5 aliphatic rings. The Balaban J connectivity index is 1.15. The molecule has 12 nitrogen and oxygen atoms in total. The van der Waals surface area contributed by atoms with E-state index in [4.69, 9.17) is 18.9 Å². The summed E-state index contributed by atoms with van der Waals surface area (Å²) in [4.78, 5) is 75.0. The molecule has 2 unspecified atom stereocenters. The maximum absolute atomic E-state index is 12.7. The van der Waals surface area contributed by atoms with E-state index in [-0.39, 0.29) is 82.9 Å². The minimum absolute atomic E-state index is 0.103. The van der Waals surface area contributed by atoms with Gasteiger partial charge in [-0.05, 0) is 36.8 Å². The first-order chi connectivity index (χ1) is 22.8. The van der Waals surface area contributed by atoms with Gasteiger partial charge in [-0.2, -0.15) is 0 Å². The highest BCUT2D eigenvalue weighted by molar-refractivity contribution is 6.16. The highest BCUT2D eigenvalue weighted by Crippen LogP contribution is 2.45. The summed E-state index contributed by atoms with van der Waals surface area (Å²) < 4.78 is 22.0. The van der Waals surface area contributed by atoms with Crippen molar-refractivity contribution in [2.75, 3.05) is 0 Å². The third-order valence-corrected chi connectivity index (χ3v) is 8.90. The van der Waals surface area contributed by atoms with Crippen LogP contribution in [0.5, 0.6) is 0 Å². The van der Waals surface area contributed by atoms with Crippen LogP contribution in [0.25, 0.3) is 0 Å². The number of carbonyl (C=O) groups excluding carboxylic acids is 6. The SMILES string of the molecule is CC1CCC(=O)C(/C=C/C=C/C=C2C(=O)OC3(CCC4(CC3)OC(=O)C(=C/C=C/C=C/C3=C([O-])C(C)CCC3=O)C(=O)O4)OC2=O)=C1[O-]. The summed E-state index contributed by atoms with van der Waals surface area (Å²) in [7, 11) is 0. The smallest absolute Gasteiger partial charge is 0.348 e. The number of esters is 4. The van der Waals surface area contributed by atoms with E-state index in [0.717, 1.165) is 0 Å². The van der Waals surface area contributed by atoms with Gasteiger partial charge in [0.25, 0.3) is 11.6 Å². The summed E-state index contributed by atoms with van der Waals surface area (Å²) in [5.41, 5.74) is -0.502. The van der Waals surface area contributed by atoms with E-state index in [9.17, 15) is 39.0 Å². The predicted octanol–water partition coefficient (Wildman–Crippen LogP) is 2.46. The van der Waals surface area contributed by atoms with Crippen molar-refractivity contribution in [2.45, 2.75) is 76.8 Å². The molecule has 2 saturated heterocycles. The molecule has 12 heteroatoms. The van der Waals surface area contributed by atoms with Crippen LogP contribution in [0, 0.1) is 11.8 Å². The van der Waals surface area contributed by atoms with Gasteiger partial charge in [0.05, 0.1) is 0 Å². The third kappa shape index (κ3) is 7.17. The van der Waals surface area contributed by atoms with Crippen molar-refractivity contribution in [3.63, 3.8) is 0 Å². The fraction of sp³-hybridized carbons (Fsp3) is 0.389. The monoisotopic (exact) mass is 658 g/mol. The van der Waals surface area contributed by atoms with Crippen molar-refractivity contribution < 1.29 is 57.9 Å². The van der Waals surface area contributed by atoms with E-state index >= 15 is 0 Å². The Morgan fingerprint density at radius 3 is 1.21 bits per heavy atom. The molecule has 2 aliphatic heterocycles. The number of ether oxygens (including phenoxy) is 4. The summed E-state index contributed by atoms with van der Waals surface area (Å²) >= 11 is 0. The first-order valence-electron chi connectivity index (χ1n) is 15.8. The van der Waals surface area contributed by atoms with Gasteiger partial charge in [0.2, 0.25) is 0 Å². The molecule has 252 valence electrons. The minimum Gasteiger partial charge on any atom is -0.875 e. The zero-order valence-corrected chi connectivity index (χ0v) is 26.5. The maximum Gasteiger partial charge on any atom is 0.348 e. The number of rotatable bonds is 6. The van der Waals surface area contributed by atoms with Crippen LogP contribution in [0.15, 0.2) is 94.6 Å². The lowest BCUT2D eigenvalue weighted by atomic mass is 9.87. The van der Waals surface area contributed by atoms with Crippen LogP contribution in [-0.2, 0) is 47.7 Å². The maximum atomic E-state index is 12.7. The normalized spacial score (nSPS) is 30.3. The predicted molar refractivity (Wildman–Crippen MR) is 162 cm³/mol. The Bertz CT molecular complexity index is 1520. The average molecular weight is 659 g/mol. The first-order valence-corrected chi connectivity index (χ1v) is 15.8. The van der Waals surface area contributed by atoms with Gasteiger partial charge in [0.15, 0.2) is 11.6 Å². The first kappa shape index (κ1) is 34.1. The molecule has 0 radical (unpaired) electrons. The molecule has 0 amide bonds. The molecule has 0 aromatic rings. The van der Waals surface area contributed by atoms with E-state index in [1.54, 1.807) is 13.8 Å². The summed E-state index contributed by atoms with van der Waals surface area (Å²) in [6.45, 7) is 3.53. The molecule has 0 N–H and O–H groups in total. The van der Waals surface area contributed by atoms with Crippen LogP contribution < -0.4 is 10.2 Å². The Labute approximate surface area is 276 Å². The Morgan fingerprint density at radius 1 is 0.542 bits per heavy atom. The van der Waals surface area contributed by atoms with Gasteiger partial charge < -0.3 is 29.2 Å². The largest absolute Gasteiger partial charge is 0.875 e. The molecule has 5 rings (SSSR count). The molecular formula is C36H34O12-2. The Morgan fingerprint density at radius 2 is 0.875 bits per heavy atom. The number of allylic oxidation sites excluding steroid dienone is 14. The standard InChI is InChI=1S/C36H36O12/c1-21-13-15-27(37)23(29(21)39)9-5-3-7-11-25-31(41)45-35(46-32(25)42)17-19-36(20-18-35)47-33(43)26(34(44)48-36)12-8-4-6-10-24-28(38)16-14-22(2)30(24)40/h3-12,21-22,39-40H,13-20H2,1-2H3/p-2/b7-3+,8-4+,9-5+,10-6+,25-11?,26-12?. The second kappa shape index (κ2) is 13.8. The minimum atomic E-state index is -1.63. The molecule has 2 atom stereocenters. The van der Waals surface area contributed by atoms with E-state index in [2.05, 4.69) is 0 Å². The van der Waals surface area contributed by atoms with E-state index in [0.29, 0.717) is 25.7 Å². The van der Waals surface area contributed by atoms with Gasteiger partial charge in [-0.3, -0.25) is 9.59 Å². The number of carbonyl (C=O) groups is 6. The lowest BCUT2D eigenvalue weighted by molar-refractivity contribution is -0.317. The highest BCUT2D eigenvalue weighted by Gasteiger charge is 2.56. The molecule has 2 heterocycles. The summed E-state index contributed by atoms with van der Waals surface area (Å²) in [6, 6.07) is 0. The summed E-state index contributed by atoms with van der Waals surface area (Å²) in [6.07, 6.45) is 15.0. The van der Waals surface area contributed by atoms with Crippen molar-refractivity contribution in [2.24, 2.45) is 11.8 Å². The van der Waals surface area contributed by atoms with Crippen LogP contribution in [0.2, 0.25) is 0 Å². The van der Waals surface area contributed by atoms with Crippen molar-refractivity contribution in [3.8, 4) is 0 Å². The molecule has 48 heavy (non-hydrogen) atoms. The lowest BCUT2D eigenvalue weighted by Crippen LogP contribution is -2.56. The van der Waals surface area contributed by atoms with Crippen molar-refractivity contribution in [1.82, 2.24) is 0 Å². The fourth-order valence-corrected chi connectivity index (χ4v) is 5.91. The summed E-state index contributed by atoms with van der Waals surface area (Å²) in [5, 5.41) is 24.4. The van der Waals surface area contributed by atoms with Gasteiger partial charge >= 0.3 is 23.9 Å². The van der Waals surface area contributed by atoms with Crippen molar-refractivity contribution >= 4 is 35.4 Å². The lowest BCUT2D eigenvalue weighted by Gasteiger charge is -2.45. The topological polar surface area (TPSA) is 185 Å². The van der Waals surface area contributed by atoms with E-state index in [1.807, 2.05) is 0 Å². The van der Waals surface area contributed by atoms with E-state index < -0.39 is 35.5 Å². The number of Topliss-reactive ketones (excluding diaryl/α,β-unsaturated/α-hetero) is 2. The van der Waals surface area contributed by atoms with Crippen LogP contribution in [0.3, 0.4) is 0 Å². The molecule has 0 aromatic carbocycles.